The number of likely N-dealkylation sites (tertiary alicyclic amines) is 1. The highest BCUT2D eigenvalue weighted by Crippen LogP contribution is 2.43. The fourth-order valence-corrected chi connectivity index (χ4v) is 4.22. The maximum atomic E-state index is 13.3. The maximum absolute atomic E-state index is 13.3. The van der Waals surface area contributed by atoms with Gasteiger partial charge in [0.05, 0.1) is 27.2 Å². The van der Waals surface area contributed by atoms with E-state index in [0.717, 1.165) is 5.56 Å². The van der Waals surface area contributed by atoms with Gasteiger partial charge in [-0.15, -0.1) is 0 Å². The first-order chi connectivity index (χ1) is 16.4. The molecule has 2 aromatic rings. The molecule has 2 amide bonds. The minimum atomic E-state index is -0.491. The van der Waals surface area contributed by atoms with Crippen LogP contribution in [0.5, 0.6) is 17.2 Å². The van der Waals surface area contributed by atoms with Crippen molar-refractivity contribution >= 4 is 11.8 Å². The van der Waals surface area contributed by atoms with Crippen LogP contribution in [0.1, 0.15) is 28.3 Å². The van der Waals surface area contributed by atoms with Crippen molar-refractivity contribution in [1.29, 1.82) is 0 Å². The zero-order chi connectivity index (χ0) is 24.7. The molecular weight excluding hydrogens is 443 g/mol. The van der Waals surface area contributed by atoms with Crippen molar-refractivity contribution in [2.75, 3.05) is 54.7 Å². The maximum Gasteiger partial charge on any atom is 0.253 e. The zero-order valence-electron chi connectivity index (χ0n) is 19.9. The van der Waals surface area contributed by atoms with E-state index in [1.165, 1.54) is 45.6 Å². The van der Waals surface area contributed by atoms with E-state index < -0.39 is 11.7 Å². The van der Waals surface area contributed by atoms with Crippen LogP contribution in [0.15, 0.2) is 36.4 Å². The lowest BCUT2D eigenvalue weighted by Crippen LogP contribution is -2.36. The molecule has 1 N–H and O–H groups in total. The van der Waals surface area contributed by atoms with Gasteiger partial charge in [-0.3, -0.25) is 9.59 Å². The minimum absolute atomic E-state index is 0.149. The van der Waals surface area contributed by atoms with E-state index in [0.29, 0.717) is 48.9 Å². The van der Waals surface area contributed by atoms with Crippen LogP contribution in [0, 0.1) is 11.7 Å². The minimum Gasteiger partial charge on any atom is -0.493 e. The fraction of sp³-hybridized carbons (Fsp3) is 0.440. The number of carbonyl (C=O) groups is 2. The Balaban J connectivity index is 1.92. The molecule has 1 aliphatic heterocycles. The summed E-state index contributed by atoms with van der Waals surface area (Å²) in [6, 6.07) is 9.01. The molecule has 0 aliphatic carbocycles. The number of halogens is 1. The van der Waals surface area contributed by atoms with Crippen LogP contribution in [0.2, 0.25) is 0 Å². The Kier molecular flexibility index (Phi) is 8.70. The number of hydrogen-bond acceptors (Lipinski definition) is 6. The van der Waals surface area contributed by atoms with Crippen molar-refractivity contribution < 1.29 is 32.9 Å². The lowest BCUT2D eigenvalue weighted by molar-refractivity contribution is -0.125. The first-order valence-corrected chi connectivity index (χ1v) is 11.0. The summed E-state index contributed by atoms with van der Waals surface area (Å²) in [4.78, 5) is 27.9. The normalized spacial score (nSPS) is 17.4. The molecular formula is C25H31FN2O6. The average Bonchev–Trinajstić information content (AvgIpc) is 3.31. The van der Waals surface area contributed by atoms with Gasteiger partial charge in [0.25, 0.3) is 5.91 Å². The van der Waals surface area contributed by atoms with Crippen molar-refractivity contribution in [3.05, 3.63) is 53.3 Å². The molecule has 2 aromatic carbocycles. The number of ether oxygens (including phenoxy) is 4. The number of nitrogens with zero attached hydrogens (tertiary/aromatic N) is 1. The standard InChI is InChI=1S/C25H31FN2O6/c1-31-11-5-10-27-24(29)20-15-28(25(30)16-6-8-18(26)9-7-16)14-19(20)17-12-21(32-2)23(34-4)22(13-17)33-3/h6-9,12-13,19-20H,5,10-11,14-15H2,1-4H3,(H,27,29)/t19-,20+/m0/s1. The Morgan fingerprint density at radius 3 is 2.21 bits per heavy atom. The first kappa shape index (κ1) is 25.3. The van der Waals surface area contributed by atoms with Crippen LogP contribution >= 0.6 is 0 Å². The van der Waals surface area contributed by atoms with Gasteiger partial charge in [0.15, 0.2) is 11.5 Å². The smallest absolute Gasteiger partial charge is 0.253 e. The largest absolute Gasteiger partial charge is 0.493 e. The Morgan fingerprint density at radius 2 is 1.65 bits per heavy atom. The molecule has 2 atom stereocenters. The zero-order valence-corrected chi connectivity index (χ0v) is 19.9. The van der Waals surface area contributed by atoms with Gasteiger partial charge < -0.3 is 29.2 Å². The molecule has 0 bridgehead atoms. The van der Waals surface area contributed by atoms with E-state index in [2.05, 4.69) is 5.32 Å². The number of amides is 2. The number of rotatable bonds is 10. The summed E-state index contributed by atoms with van der Waals surface area (Å²) in [5.74, 6) is -0.223. The van der Waals surface area contributed by atoms with Gasteiger partial charge in [-0.05, 0) is 48.4 Å². The molecule has 9 heteroatoms. The number of hydrogen-bond donors (Lipinski definition) is 1. The van der Waals surface area contributed by atoms with Crippen molar-refractivity contribution in [3.63, 3.8) is 0 Å². The molecule has 1 aliphatic rings. The van der Waals surface area contributed by atoms with E-state index in [4.69, 9.17) is 18.9 Å². The number of benzene rings is 2. The average molecular weight is 475 g/mol. The van der Waals surface area contributed by atoms with Crippen LogP contribution in [-0.4, -0.2) is 71.4 Å². The molecule has 1 saturated heterocycles. The van der Waals surface area contributed by atoms with E-state index >= 15 is 0 Å². The van der Waals surface area contributed by atoms with Gasteiger partial charge in [0, 0.05) is 44.8 Å². The second-order valence-electron chi connectivity index (χ2n) is 8.03. The summed E-state index contributed by atoms with van der Waals surface area (Å²) in [5.41, 5.74) is 1.16. The molecule has 1 heterocycles. The third-order valence-electron chi connectivity index (χ3n) is 5.97. The number of carbonyl (C=O) groups excluding carboxylic acids is 2. The predicted molar refractivity (Wildman–Crippen MR) is 124 cm³/mol. The summed E-state index contributed by atoms with van der Waals surface area (Å²) in [6.07, 6.45) is 0.683. The monoisotopic (exact) mass is 474 g/mol. The van der Waals surface area contributed by atoms with Gasteiger partial charge in [-0.1, -0.05) is 0 Å². The molecule has 0 radical (unpaired) electrons. The Hall–Kier alpha value is -3.33. The molecule has 8 nitrogen and oxygen atoms in total. The fourth-order valence-electron chi connectivity index (χ4n) is 4.22. The van der Waals surface area contributed by atoms with Crippen molar-refractivity contribution in [3.8, 4) is 17.2 Å². The van der Waals surface area contributed by atoms with Gasteiger partial charge in [0.1, 0.15) is 5.82 Å². The molecule has 184 valence electrons. The summed E-state index contributed by atoms with van der Waals surface area (Å²) < 4.78 is 34.8. The SMILES string of the molecule is COCCCNC(=O)[C@@H]1CN(C(=O)c2ccc(F)cc2)C[C@H]1c1cc(OC)c(OC)c(OC)c1. The van der Waals surface area contributed by atoms with E-state index in [1.54, 1.807) is 12.0 Å². The number of nitrogens with one attached hydrogen (secondary N) is 1. The van der Waals surface area contributed by atoms with Gasteiger partial charge in [-0.2, -0.15) is 0 Å². The second-order valence-corrected chi connectivity index (χ2v) is 8.03. The quantitative estimate of drug-likeness (QED) is 0.533. The van der Waals surface area contributed by atoms with E-state index in [1.807, 2.05) is 12.1 Å². The molecule has 0 saturated carbocycles. The highest BCUT2D eigenvalue weighted by molar-refractivity contribution is 5.95. The lowest BCUT2D eigenvalue weighted by Gasteiger charge is -2.21. The van der Waals surface area contributed by atoms with Crippen molar-refractivity contribution in [2.24, 2.45) is 5.92 Å². The first-order valence-electron chi connectivity index (χ1n) is 11.0. The Morgan fingerprint density at radius 1 is 1.00 bits per heavy atom. The third kappa shape index (κ3) is 5.59. The van der Waals surface area contributed by atoms with Crippen LogP contribution in [0.3, 0.4) is 0 Å². The molecule has 3 rings (SSSR count). The van der Waals surface area contributed by atoms with Gasteiger partial charge in [-0.25, -0.2) is 4.39 Å². The highest BCUT2D eigenvalue weighted by atomic mass is 19.1. The molecule has 34 heavy (non-hydrogen) atoms. The van der Waals surface area contributed by atoms with Gasteiger partial charge in [0.2, 0.25) is 11.7 Å². The summed E-state index contributed by atoms with van der Waals surface area (Å²) >= 11 is 0. The van der Waals surface area contributed by atoms with Crippen LogP contribution in [0.25, 0.3) is 0 Å². The van der Waals surface area contributed by atoms with Crippen LogP contribution in [-0.2, 0) is 9.53 Å². The molecule has 0 aromatic heterocycles. The Bertz CT molecular complexity index is 972. The van der Waals surface area contributed by atoms with E-state index in [-0.39, 0.29) is 24.3 Å². The van der Waals surface area contributed by atoms with Gasteiger partial charge >= 0.3 is 0 Å². The summed E-state index contributed by atoms with van der Waals surface area (Å²) in [7, 11) is 6.19. The molecule has 0 unspecified atom stereocenters. The topological polar surface area (TPSA) is 86.3 Å². The van der Waals surface area contributed by atoms with Crippen molar-refractivity contribution in [2.45, 2.75) is 12.3 Å². The van der Waals surface area contributed by atoms with E-state index in [9.17, 15) is 14.0 Å². The summed E-state index contributed by atoms with van der Waals surface area (Å²) in [6.45, 7) is 1.55. The predicted octanol–water partition coefficient (Wildman–Crippen LogP) is 2.86. The van der Waals surface area contributed by atoms with Crippen LogP contribution < -0.4 is 19.5 Å². The second kappa shape index (κ2) is 11.7. The third-order valence-corrected chi connectivity index (χ3v) is 5.97. The van der Waals surface area contributed by atoms with Crippen LogP contribution in [0.4, 0.5) is 4.39 Å². The lowest BCUT2D eigenvalue weighted by atomic mass is 9.88. The molecule has 0 spiro atoms. The Labute approximate surface area is 198 Å². The number of methoxy groups -OCH3 is 4. The highest BCUT2D eigenvalue weighted by Gasteiger charge is 2.41. The molecule has 1 fully saturated rings. The summed E-state index contributed by atoms with van der Waals surface area (Å²) in [5, 5.41) is 2.95. The van der Waals surface area contributed by atoms with Crippen molar-refractivity contribution in [1.82, 2.24) is 10.2 Å².